The third-order valence-electron chi connectivity index (χ3n) is 4.85. The summed E-state index contributed by atoms with van der Waals surface area (Å²) in [7, 11) is 0. The molecule has 7 nitrogen and oxygen atoms in total. The van der Waals surface area contributed by atoms with E-state index in [-0.39, 0.29) is 17.7 Å². The summed E-state index contributed by atoms with van der Waals surface area (Å²) in [4.78, 5) is 30.2. The Morgan fingerprint density at radius 1 is 0.969 bits per heavy atom. The fourth-order valence-electron chi connectivity index (χ4n) is 3.08. The fraction of sp³-hybridized carbons (Fsp3) is 0.167. The molecule has 2 amide bonds. The van der Waals surface area contributed by atoms with Crippen molar-refractivity contribution in [2.75, 3.05) is 10.6 Å². The number of rotatable bonds is 6. The van der Waals surface area contributed by atoms with E-state index in [4.69, 9.17) is 4.52 Å². The molecule has 0 atom stereocenters. The molecule has 0 unspecified atom stereocenters. The molecule has 4 aromatic rings. The fourth-order valence-corrected chi connectivity index (χ4v) is 3.70. The highest BCUT2D eigenvalue weighted by atomic mass is 32.1. The highest BCUT2D eigenvalue weighted by molar-refractivity contribution is 7.12. The number of benzene rings is 2. The van der Waals surface area contributed by atoms with E-state index in [1.54, 1.807) is 30.3 Å². The molecule has 2 N–H and O–H groups in total. The van der Waals surface area contributed by atoms with Crippen LogP contribution in [0.2, 0.25) is 0 Å². The summed E-state index contributed by atoms with van der Waals surface area (Å²) in [5.41, 5.74) is 3.23. The molecule has 2 aromatic heterocycles. The van der Waals surface area contributed by atoms with Gasteiger partial charge in [-0.2, -0.15) is 4.98 Å². The van der Waals surface area contributed by atoms with Crippen LogP contribution in [0.5, 0.6) is 0 Å². The van der Waals surface area contributed by atoms with Crippen LogP contribution in [-0.2, 0) is 0 Å². The van der Waals surface area contributed by atoms with E-state index in [9.17, 15) is 9.59 Å². The van der Waals surface area contributed by atoms with Crippen molar-refractivity contribution in [3.05, 3.63) is 81.8 Å². The molecule has 0 saturated heterocycles. The van der Waals surface area contributed by atoms with Gasteiger partial charge in [0.15, 0.2) is 5.82 Å². The summed E-state index contributed by atoms with van der Waals surface area (Å²) >= 11 is 1.37. The van der Waals surface area contributed by atoms with Gasteiger partial charge in [-0.15, -0.1) is 11.3 Å². The van der Waals surface area contributed by atoms with Crippen LogP contribution in [0.3, 0.4) is 0 Å². The molecule has 0 radical (unpaired) electrons. The molecule has 32 heavy (non-hydrogen) atoms. The number of para-hydroxylation sites is 1. The SMILES string of the molecule is Cc1cccc(-c2nc(C(C)C)no2)c1NC(=O)c1ccc(NC(=O)c2cccs2)cc1. The Kier molecular flexibility index (Phi) is 6.13. The van der Waals surface area contributed by atoms with Gasteiger partial charge in [-0.3, -0.25) is 9.59 Å². The van der Waals surface area contributed by atoms with Crippen molar-refractivity contribution in [3.8, 4) is 11.5 Å². The van der Waals surface area contributed by atoms with Crippen molar-refractivity contribution in [1.82, 2.24) is 10.1 Å². The van der Waals surface area contributed by atoms with Crippen molar-refractivity contribution in [1.29, 1.82) is 0 Å². The monoisotopic (exact) mass is 446 g/mol. The van der Waals surface area contributed by atoms with Crippen molar-refractivity contribution in [3.63, 3.8) is 0 Å². The summed E-state index contributed by atoms with van der Waals surface area (Å²) in [6, 6.07) is 15.9. The zero-order valence-electron chi connectivity index (χ0n) is 17.9. The van der Waals surface area contributed by atoms with Crippen molar-refractivity contribution in [2.45, 2.75) is 26.7 Å². The second-order valence-corrected chi connectivity index (χ2v) is 8.52. The van der Waals surface area contributed by atoms with Crippen LogP contribution in [0.4, 0.5) is 11.4 Å². The van der Waals surface area contributed by atoms with E-state index in [1.165, 1.54) is 11.3 Å². The zero-order chi connectivity index (χ0) is 22.7. The number of nitrogens with one attached hydrogen (secondary N) is 2. The molecular weight excluding hydrogens is 424 g/mol. The van der Waals surface area contributed by atoms with Crippen LogP contribution in [0.25, 0.3) is 11.5 Å². The van der Waals surface area contributed by atoms with Crippen LogP contribution in [0.15, 0.2) is 64.5 Å². The number of anilines is 2. The molecule has 0 spiro atoms. The van der Waals surface area contributed by atoms with Crippen LogP contribution < -0.4 is 10.6 Å². The topological polar surface area (TPSA) is 97.1 Å². The number of hydrogen-bond donors (Lipinski definition) is 2. The first kappa shape index (κ1) is 21.5. The minimum Gasteiger partial charge on any atom is -0.334 e. The van der Waals surface area contributed by atoms with Crippen LogP contribution >= 0.6 is 11.3 Å². The molecule has 0 saturated carbocycles. The van der Waals surface area contributed by atoms with Gasteiger partial charge >= 0.3 is 0 Å². The molecule has 8 heteroatoms. The predicted octanol–water partition coefficient (Wildman–Crippen LogP) is 5.73. The lowest BCUT2D eigenvalue weighted by Gasteiger charge is -2.12. The molecule has 2 heterocycles. The molecule has 2 aromatic carbocycles. The predicted molar refractivity (Wildman–Crippen MR) is 125 cm³/mol. The van der Waals surface area contributed by atoms with Gasteiger partial charge < -0.3 is 15.2 Å². The first-order chi connectivity index (χ1) is 15.4. The van der Waals surface area contributed by atoms with E-state index >= 15 is 0 Å². The molecule has 0 aliphatic rings. The molecule has 0 fully saturated rings. The van der Waals surface area contributed by atoms with Gasteiger partial charge in [0.05, 0.1) is 16.1 Å². The average molecular weight is 447 g/mol. The lowest BCUT2D eigenvalue weighted by atomic mass is 10.1. The third-order valence-corrected chi connectivity index (χ3v) is 5.72. The second-order valence-electron chi connectivity index (χ2n) is 7.57. The van der Waals surface area contributed by atoms with Crippen molar-refractivity contribution >= 4 is 34.5 Å². The summed E-state index contributed by atoms with van der Waals surface area (Å²) in [6.07, 6.45) is 0. The van der Waals surface area contributed by atoms with Crippen molar-refractivity contribution in [2.24, 2.45) is 0 Å². The number of amides is 2. The highest BCUT2D eigenvalue weighted by Gasteiger charge is 2.18. The van der Waals surface area contributed by atoms with Gasteiger partial charge in [0.25, 0.3) is 17.7 Å². The number of nitrogens with zero attached hydrogens (tertiary/aromatic N) is 2. The van der Waals surface area contributed by atoms with Crippen LogP contribution in [-0.4, -0.2) is 22.0 Å². The highest BCUT2D eigenvalue weighted by Crippen LogP contribution is 2.31. The number of aryl methyl sites for hydroxylation is 1. The third kappa shape index (κ3) is 4.60. The normalized spacial score (nSPS) is 10.9. The molecule has 0 aliphatic heterocycles. The van der Waals surface area contributed by atoms with Crippen molar-refractivity contribution < 1.29 is 14.1 Å². The summed E-state index contributed by atoms with van der Waals surface area (Å²) in [6.45, 7) is 5.88. The van der Waals surface area contributed by atoms with E-state index in [2.05, 4.69) is 20.8 Å². The van der Waals surface area contributed by atoms with Crippen LogP contribution in [0.1, 0.15) is 51.2 Å². The van der Waals surface area contributed by atoms with Gasteiger partial charge in [-0.05, 0) is 54.3 Å². The van der Waals surface area contributed by atoms with Gasteiger partial charge in [0, 0.05) is 17.2 Å². The Morgan fingerprint density at radius 2 is 1.75 bits per heavy atom. The second kappa shape index (κ2) is 9.15. The number of thiophene rings is 1. The van der Waals surface area contributed by atoms with Gasteiger partial charge in [0.1, 0.15) is 0 Å². The maximum absolute atomic E-state index is 12.9. The minimum absolute atomic E-state index is 0.133. The van der Waals surface area contributed by atoms with Gasteiger partial charge in [0.2, 0.25) is 0 Å². The Bertz CT molecular complexity index is 1240. The minimum atomic E-state index is -0.278. The average Bonchev–Trinajstić information content (AvgIpc) is 3.48. The number of aromatic nitrogens is 2. The Morgan fingerprint density at radius 3 is 2.41 bits per heavy atom. The quantitative estimate of drug-likeness (QED) is 0.394. The molecule has 162 valence electrons. The van der Waals surface area contributed by atoms with Gasteiger partial charge in [-0.25, -0.2) is 0 Å². The summed E-state index contributed by atoms with van der Waals surface area (Å²) in [5, 5.41) is 11.7. The summed E-state index contributed by atoms with van der Waals surface area (Å²) in [5.74, 6) is 0.648. The van der Waals surface area contributed by atoms with E-state index in [0.717, 1.165) is 5.56 Å². The number of carbonyl (C=O) groups excluding carboxylic acids is 2. The smallest absolute Gasteiger partial charge is 0.265 e. The standard InChI is InChI=1S/C24H22N4O3S/c1-14(2)21-27-24(31-28-21)18-7-4-6-15(3)20(18)26-22(29)16-9-11-17(12-10-16)25-23(30)19-8-5-13-32-19/h4-14H,1-3H3,(H,25,30)(H,26,29). The van der Waals surface area contributed by atoms with Crippen LogP contribution in [0, 0.1) is 6.92 Å². The Hall–Kier alpha value is -3.78. The maximum atomic E-state index is 12.9. The molecule has 4 rings (SSSR count). The zero-order valence-corrected chi connectivity index (χ0v) is 18.7. The maximum Gasteiger partial charge on any atom is 0.265 e. The summed E-state index contributed by atoms with van der Waals surface area (Å²) < 4.78 is 5.43. The molecular formula is C24H22N4O3S. The molecule has 0 bridgehead atoms. The Balaban J connectivity index is 1.52. The Labute approximate surface area is 189 Å². The first-order valence-electron chi connectivity index (χ1n) is 10.1. The number of carbonyl (C=O) groups is 2. The van der Waals surface area contributed by atoms with E-state index < -0.39 is 0 Å². The van der Waals surface area contributed by atoms with Gasteiger partial charge in [-0.1, -0.05) is 37.2 Å². The first-order valence-corrected chi connectivity index (χ1v) is 11.0. The van der Waals surface area contributed by atoms with E-state index in [0.29, 0.717) is 39.1 Å². The lowest BCUT2D eigenvalue weighted by Crippen LogP contribution is -2.14. The largest absolute Gasteiger partial charge is 0.334 e. The molecule has 0 aliphatic carbocycles. The van der Waals surface area contributed by atoms with E-state index in [1.807, 2.05) is 50.4 Å². The lowest BCUT2D eigenvalue weighted by molar-refractivity contribution is 0.102. The number of hydrogen-bond acceptors (Lipinski definition) is 6.